The van der Waals surface area contributed by atoms with Crippen molar-refractivity contribution in [1.82, 2.24) is 0 Å². The molecule has 2 unspecified atom stereocenters. The first-order chi connectivity index (χ1) is 18.1. The van der Waals surface area contributed by atoms with Gasteiger partial charge in [-0.3, -0.25) is 5.14 Å². The van der Waals surface area contributed by atoms with Gasteiger partial charge in [0.1, 0.15) is 28.2 Å². The van der Waals surface area contributed by atoms with E-state index in [-0.39, 0.29) is 34.3 Å². The summed E-state index contributed by atoms with van der Waals surface area (Å²) in [7, 11) is 0.0610. The second-order valence-electron chi connectivity index (χ2n) is 8.58. The molecule has 13 heteroatoms. The third-order valence-corrected chi connectivity index (χ3v) is 12.5. The first kappa shape index (κ1) is 25.8. The number of hydrogen-bond donors (Lipinski definition) is 3. The van der Waals surface area contributed by atoms with Gasteiger partial charge in [0.15, 0.2) is 17.8 Å². The number of ether oxygens (including phenoxy) is 1. The van der Waals surface area contributed by atoms with Crippen LogP contribution in [0.2, 0.25) is 0 Å². The first-order valence-corrected chi connectivity index (χ1v) is 14.7. The van der Waals surface area contributed by atoms with E-state index in [0.29, 0.717) is 16.2 Å². The Morgan fingerprint density at radius 1 is 1.00 bits per heavy atom. The third kappa shape index (κ3) is 3.93. The van der Waals surface area contributed by atoms with E-state index < -0.39 is 46.0 Å². The molecule has 4 N–H and O–H groups in total. The minimum atomic E-state index is -2.95. The van der Waals surface area contributed by atoms with Crippen LogP contribution in [0.15, 0.2) is 48.5 Å². The van der Waals surface area contributed by atoms with Crippen LogP contribution >= 0.6 is 6.26 Å². The zero-order chi connectivity index (χ0) is 27.4. The van der Waals surface area contributed by atoms with Crippen LogP contribution in [0, 0.1) is 0 Å². The van der Waals surface area contributed by atoms with Gasteiger partial charge >= 0.3 is 17.9 Å². The van der Waals surface area contributed by atoms with E-state index >= 15 is 0 Å². The SMILES string of the molecule is COS(N)=P12Oc3ccccc3C(=O)Oc3c(O)c(C(=O)OOC(=O)c4cccc(C(C)C)c4O)cc1c32. The normalized spacial score (nSPS) is 17.7. The zero-order valence-electron chi connectivity index (χ0n) is 20.3. The fourth-order valence-electron chi connectivity index (χ4n) is 4.11. The molecule has 2 heterocycles. The van der Waals surface area contributed by atoms with Crippen molar-refractivity contribution in [1.29, 1.82) is 0 Å². The van der Waals surface area contributed by atoms with Crippen LogP contribution in [0.1, 0.15) is 56.4 Å². The Balaban J connectivity index is 1.49. The fraction of sp³-hybridized carbons (Fsp3) is 0.160. The van der Waals surface area contributed by atoms with Crippen molar-refractivity contribution in [2.24, 2.45) is 5.14 Å². The van der Waals surface area contributed by atoms with Gasteiger partial charge in [-0.2, -0.15) is 0 Å². The topological polar surface area (TPSA) is 164 Å². The Bertz CT molecular complexity index is 1600. The summed E-state index contributed by atoms with van der Waals surface area (Å²) in [5.74, 6) is -4.41. The maximum Gasteiger partial charge on any atom is 0.390 e. The van der Waals surface area contributed by atoms with Crippen molar-refractivity contribution in [2.75, 3.05) is 7.11 Å². The van der Waals surface area contributed by atoms with Crippen molar-refractivity contribution in [3.05, 3.63) is 70.8 Å². The minimum absolute atomic E-state index is 0.0827. The number of para-hydroxylation sites is 2. The van der Waals surface area contributed by atoms with Crippen molar-refractivity contribution >= 4 is 45.3 Å². The van der Waals surface area contributed by atoms with Gasteiger partial charge in [0.25, 0.3) is 0 Å². The van der Waals surface area contributed by atoms with E-state index in [1.165, 1.54) is 25.3 Å². The van der Waals surface area contributed by atoms with Crippen LogP contribution in [-0.2, 0) is 24.5 Å². The number of rotatable bonds is 4. The molecular weight excluding hydrogens is 537 g/mol. The molecule has 2 aliphatic heterocycles. The van der Waals surface area contributed by atoms with E-state index in [1.807, 2.05) is 13.8 Å². The molecule has 38 heavy (non-hydrogen) atoms. The van der Waals surface area contributed by atoms with E-state index in [4.69, 9.17) is 23.5 Å². The lowest BCUT2D eigenvalue weighted by Crippen LogP contribution is -2.18. The van der Waals surface area contributed by atoms with Crippen LogP contribution < -0.4 is 25.0 Å². The third-order valence-electron chi connectivity index (χ3n) is 6.05. The molecule has 0 aromatic heterocycles. The molecular formula is C25H22NO10PS. The van der Waals surface area contributed by atoms with E-state index in [1.54, 1.807) is 30.3 Å². The maximum atomic E-state index is 12.9. The molecule has 0 amide bonds. The van der Waals surface area contributed by atoms with Crippen molar-refractivity contribution in [3.8, 4) is 23.0 Å². The maximum absolute atomic E-state index is 12.9. The average molecular weight is 559 g/mol. The van der Waals surface area contributed by atoms with Gasteiger partial charge in [0.05, 0.1) is 12.4 Å². The molecule has 0 bridgehead atoms. The van der Waals surface area contributed by atoms with Crippen LogP contribution in [0.4, 0.5) is 0 Å². The summed E-state index contributed by atoms with van der Waals surface area (Å²) < 4.78 is 17.1. The van der Waals surface area contributed by atoms with Gasteiger partial charge in [-0.25, -0.2) is 24.2 Å². The summed E-state index contributed by atoms with van der Waals surface area (Å²) in [6.45, 7) is 3.66. The lowest BCUT2D eigenvalue weighted by molar-refractivity contribution is -0.187. The highest BCUT2D eigenvalue weighted by atomic mass is 32.5. The van der Waals surface area contributed by atoms with Crippen molar-refractivity contribution in [3.63, 3.8) is 0 Å². The smallest absolute Gasteiger partial charge is 0.390 e. The molecule has 2 aliphatic rings. The number of fused-ring (bicyclic) bond motifs is 2. The average Bonchev–Trinajstić information content (AvgIpc) is 3.54. The van der Waals surface area contributed by atoms with Gasteiger partial charge in [-0.05, 0) is 35.7 Å². The Morgan fingerprint density at radius 2 is 1.68 bits per heavy atom. The molecule has 0 saturated heterocycles. The molecule has 0 fully saturated rings. The van der Waals surface area contributed by atoms with Crippen molar-refractivity contribution in [2.45, 2.75) is 19.8 Å². The molecule has 0 spiro atoms. The summed E-state index contributed by atoms with van der Waals surface area (Å²) in [5, 5.41) is 28.4. The Labute approximate surface area is 218 Å². The van der Waals surface area contributed by atoms with Gasteiger partial charge < -0.3 is 23.7 Å². The number of nitrogens with two attached hydrogens (primary N) is 1. The zero-order valence-corrected chi connectivity index (χ0v) is 22.0. The number of hydrogen-bond acceptors (Lipinski definition) is 10. The highest BCUT2D eigenvalue weighted by Gasteiger charge is 2.55. The lowest BCUT2D eigenvalue weighted by atomic mass is 9.99. The summed E-state index contributed by atoms with van der Waals surface area (Å²) in [6, 6.07) is 12.1. The number of phenols is 2. The standard InChI is InChI=1S/C25H22NO10PS/c1-12(2)13-8-6-9-15(19(13)27)24(30)34-35-25(31)16-11-18-22-21(20(16)28)33-23(29)14-7-4-5-10-17(14)36-37(18,22)38(26)32-3/h4-12,27-28H,26H2,1-3H3. The highest BCUT2D eigenvalue weighted by Crippen LogP contribution is 2.64. The quantitative estimate of drug-likeness (QED) is 0.142. The molecule has 0 saturated carbocycles. The number of carbonyl (C=O) groups is 3. The fourth-order valence-corrected chi connectivity index (χ4v) is 10.3. The summed E-state index contributed by atoms with van der Waals surface area (Å²) in [5.41, 5.74) is -0.0661. The predicted molar refractivity (Wildman–Crippen MR) is 138 cm³/mol. The van der Waals surface area contributed by atoms with Gasteiger partial charge in [0.2, 0.25) is 0 Å². The van der Waals surface area contributed by atoms with E-state index in [2.05, 4.69) is 4.89 Å². The Hall–Kier alpha value is -3.83. The monoisotopic (exact) mass is 559 g/mol. The second kappa shape index (κ2) is 9.48. The van der Waals surface area contributed by atoms with Crippen LogP contribution in [0.5, 0.6) is 23.0 Å². The molecule has 2 atom stereocenters. The Kier molecular flexibility index (Phi) is 6.44. The second-order valence-corrected chi connectivity index (χ2v) is 14.3. The summed E-state index contributed by atoms with van der Waals surface area (Å²) in [4.78, 5) is 47.6. The number of phenolic OH excluding ortho intramolecular Hbond substituents is 2. The number of aromatic hydroxyl groups is 2. The molecule has 0 aliphatic carbocycles. The highest BCUT2D eigenvalue weighted by molar-refractivity contribution is 8.37. The van der Waals surface area contributed by atoms with Crippen molar-refractivity contribution < 1.29 is 47.8 Å². The van der Waals surface area contributed by atoms with Crippen LogP contribution in [-0.4, -0.2) is 35.2 Å². The van der Waals surface area contributed by atoms with E-state index in [9.17, 15) is 24.6 Å². The molecule has 5 rings (SSSR count). The number of carbonyl (C=O) groups excluding carboxylic acids is 3. The predicted octanol–water partition coefficient (Wildman–Crippen LogP) is 2.93. The van der Waals surface area contributed by atoms with Crippen LogP contribution in [0.25, 0.3) is 0 Å². The lowest BCUT2D eigenvalue weighted by Gasteiger charge is -2.19. The number of esters is 1. The molecule has 3 aromatic carbocycles. The first-order valence-electron chi connectivity index (χ1n) is 11.2. The summed E-state index contributed by atoms with van der Waals surface area (Å²) >= 11 is 0. The molecule has 11 nitrogen and oxygen atoms in total. The van der Waals surface area contributed by atoms with Gasteiger partial charge in [-0.1, -0.05) is 38.1 Å². The minimum Gasteiger partial charge on any atom is -0.507 e. The largest absolute Gasteiger partial charge is 0.507 e. The van der Waals surface area contributed by atoms with Gasteiger partial charge in [0, 0.05) is 15.8 Å². The van der Waals surface area contributed by atoms with E-state index in [0.717, 1.165) is 0 Å². The van der Waals surface area contributed by atoms with Crippen LogP contribution in [0.3, 0.4) is 0 Å². The molecule has 0 radical (unpaired) electrons. The Morgan fingerprint density at radius 3 is 2.37 bits per heavy atom. The summed E-state index contributed by atoms with van der Waals surface area (Å²) in [6.07, 6.45) is -2.95. The van der Waals surface area contributed by atoms with Gasteiger partial charge in [-0.15, -0.1) is 0 Å². The number of benzene rings is 3. The molecule has 198 valence electrons. The molecule has 3 aromatic rings.